The molecular formula is C15H22N2. The molecule has 2 nitrogen and oxygen atoms in total. The van der Waals surface area contributed by atoms with Crippen molar-refractivity contribution in [3.8, 4) is 0 Å². The van der Waals surface area contributed by atoms with Crippen molar-refractivity contribution in [2.24, 2.45) is 0 Å². The van der Waals surface area contributed by atoms with E-state index in [1.54, 1.807) is 0 Å². The Kier molecular flexibility index (Phi) is 3.82. The Morgan fingerprint density at radius 2 is 1.82 bits per heavy atom. The molecule has 2 heteroatoms. The molecule has 0 radical (unpaired) electrons. The molecule has 1 fully saturated rings. The fraction of sp³-hybridized carbons (Fsp3) is 0.533. The Bertz CT molecular complexity index is 403. The van der Waals surface area contributed by atoms with Gasteiger partial charge in [-0.05, 0) is 49.8 Å². The maximum absolute atomic E-state index is 8.17. The SMILES string of the molecule is Cc1ccc(CC(=N)N2CCCCC2)cc1C. The molecule has 1 aliphatic heterocycles. The van der Waals surface area contributed by atoms with E-state index >= 15 is 0 Å². The predicted octanol–water partition coefficient (Wildman–Crippen LogP) is 3.31. The fourth-order valence-electron chi connectivity index (χ4n) is 2.38. The van der Waals surface area contributed by atoms with E-state index in [0.29, 0.717) is 0 Å². The zero-order chi connectivity index (χ0) is 12.3. The van der Waals surface area contributed by atoms with Crippen LogP contribution in [0.15, 0.2) is 18.2 Å². The zero-order valence-corrected chi connectivity index (χ0v) is 10.9. The summed E-state index contributed by atoms with van der Waals surface area (Å²) in [5.74, 6) is 0.785. The second kappa shape index (κ2) is 5.35. The molecule has 0 saturated carbocycles. The molecule has 0 spiro atoms. The third-order valence-corrected chi connectivity index (χ3v) is 3.68. The summed E-state index contributed by atoms with van der Waals surface area (Å²) in [4.78, 5) is 2.23. The van der Waals surface area contributed by atoms with Crippen molar-refractivity contribution in [1.29, 1.82) is 5.41 Å². The van der Waals surface area contributed by atoms with Crippen molar-refractivity contribution in [3.05, 3.63) is 34.9 Å². The van der Waals surface area contributed by atoms with Crippen LogP contribution in [0.2, 0.25) is 0 Å². The first-order valence-electron chi connectivity index (χ1n) is 6.55. The van der Waals surface area contributed by atoms with Crippen LogP contribution in [0.3, 0.4) is 0 Å². The van der Waals surface area contributed by atoms with E-state index in [0.717, 1.165) is 25.3 Å². The van der Waals surface area contributed by atoms with Crippen LogP contribution in [0.1, 0.15) is 36.0 Å². The highest BCUT2D eigenvalue weighted by molar-refractivity contribution is 5.81. The van der Waals surface area contributed by atoms with Gasteiger partial charge in [0.25, 0.3) is 0 Å². The van der Waals surface area contributed by atoms with Gasteiger partial charge >= 0.3 is 0 Å². The molecule has 1 aromatic carbocycles. The molecule has 0 amide bonds. The molecule has 0 unspecified atom stereocenters. The summed E-state index contributed by atoms with van der Waals surface area (Å²) in [6.45, 7) is 6.42. The van der Waals surface area contributed by atoms with Gasteiger partial charge in [-0.15, -0.1) is 0 Å². The van der Waals surface area contributed by atoms with E-state index in [1.165, 1.54) is 36.0 Å². The first-order chi connectivity index (χ1) is 8.16. The van der Waals surface area contributed by atoms with Crippen molar-refractivity contribution in [2.75, 3.05) is 13.1 Å². The molecule has 1 aromatic rings. The number of aryl methyl sites for hydroxylation is 2. The van der Waals surface area contributed by atoms with Crippen LogP contribution in [-0.4, -0.2) is 23.8 Å². The molecule has 0 aliphatic carbocycles. The number of hydrogen-bond donors (Lipinski definition) is 1. The molecule has 2 rings (SSSR count). The van der Waals surface area contributed by atoms with E-state index in [1.807, 2.05) is 0 Å². The van der Waals surface area contributed by atoms with Gasteiger partial charge in [0.15, 0.2) is 0 Å². The third kappa shape index (κ3) is 3.09. The van der Waals surface area contributed by atoms with Crippen molar-refractivity contribution in [3.63, 3.8) is 0 Å². The van der Waals surface area contributed by atoms with Gasteiger partial charge < -0.3 is 4.90 Å². The Labute approximate surface area is 104 Å². The van der Waals surface area contributed by atoms with Crippen molar-refractivity contribution < 1.29 is 0 Å². The van der Waals surface area contributed by atoms with Crippen molar-refractivity contribution in [1.82, 2.24) is 4.90 Å². The Morgan fingerprint density at radius 3 is 2.47 bits per heavy atom. The van der Waals surface area contributed by atoms with E-state index in [4.69, 9.17) is 5.41 Å². The second-order valence-electron chi connectivity index (χ2n) is 5.09. The summed E-state index contributed by atoms with van der Waals surface area (Å²) in [7, 11) is 0. The molecule has 0 aromatic heterocycles. The maximum atomic E-state index is 8.17. The minimum absolute atomic E-state index is 0.779. The van der Waals surface area contributed by atoms with Crippen LogP contribution in [0.4, 0.5) is 0 Å². The quantitative estimate of drug-likeness (QED) is 0.612. The van der Waals surface area contributed by atoms with Gasteiger partial charge in [-0.25, -0.2) is 0 Å². The molecular weight excluding hydrogens is 208 g/mol. The van der Waals surface area contributed by atoms with Crippen LogP contribution in [0.25, 0.3) is 0 Å². The molecule has 0 atom stereocenters. The van der Waals surface area contributed by atoms with Crippen LogP contribution in [0.5, 0.6) is 0 Å². The normalized spacial score (nSPS) is 16.0. The Hall–Kier alpha value is -1.31. The topological polar surface area (TPSA) is 27.1 Å². The lowest BCUT2D eigenvalue weighted by Gasteiger charge is -2.29. The smallest absolute Gasteiger partial charge is 0.100 e. The summed E-state index contributed by atoms with van der Waals surface area (Å²) in [5.41, 5.74) is 3.93. The molecule has 1 heterocycles. The van der Waals surface area contributed by atoms with Gasteiger partial charge in [0.05, 0.1) is 0 Å². The molecule has 0 bridgehead atoms. The van der Waals surface area contributed by atoms with Gasteiger partial charge in [0.2, 0.25) is 0 Å². The highest BCUT2D eigenvalue weighted by Gasteiger charge is 2.13. The number of likely N-dealkylation sites (tertiary alicyclic amines) is 1. The summed E-state index contributed by atoms with van der Waals surface area (Å²) in [6, 6.07) is 6.53. The summed E-state index contributed by atoms with van der Waals surface area (Å²) in [5, 5.41) is 8.17. The fourth-order valence-corrected chi connectivity index (χ4v) is 2.38. The number of nitrogens with one attached hydrogen (secondary N) is 1. The monoisotopic (exact) mass is 230 g/mol. The number of benzene rings is 1. The summed E-state index contributed by atoms with van der Waals surface area (Å²) < 4.78 is 0. The molecule has 17 heavy (non-hydrogen) atoms. The highest BCUT2D eigenvalue weighted by Crippen LogP contribution is 2.14. The van der Waals surface area contributed by atoms with Crippen LogP contribution in [0, 0.1) is 19.3 Å². The number of piperidine rings is 1. The number of amidine groups is 1. The maximum Gasteiger partial charge on any atom is 0.100 e. The third-order valence-electron chi connectivity index (χ3n) is 3.68. The van der Waals surface area contributed by atoms with E-state index < -0.39 is 0 Å². The average Bonchev–Trinajstić information content (AvgIpc) is 2.35. The standard InChI is InChI=1S/C15H22N2/c1-12-6-7-14(10-13(12)2)11-15(16)17-8-4-3-5-9-17/h6-7,10,16H,3-5,8-9,11H2,1-2H3. The molecule has 92 valence electrons. The molecule has 1 N–H and O–H groups in total. The van der Waals surface area contributed by atoms with Crippen LogP contribution in [-0.2, 0) is 6.42 Å². The molecule has 1 saturated heterocycles. The zero-order valence-electron chi connectivity index (χ0n) is 10.9. The Morgan fingerprint density at radius 1 is 1.12 bits per heavy atom. The molecule has 1 aliphatic rings. The van der Waals surface area contributed by atoms with Gasteiger partial charge in [-0.1, -0.05) is 18.2 Å². The first-order valence-corrected chi connectivity index (χ1v) is 6.55. The van der Waals surface area contributed by atoms with Gasteiger partial charge in [0.1, 0.15) is 5.84 Å². The van der Waals surface area contributed by atoms with E-state index in [2.05, 4.69) is 36.9 Å². The largest absolute Gasteiger partial charge is 0.360 e. The number of rotatable bonds is 2. The van der Waals surface area contributed by atoms with E-state index in [9.17, 15) is 0 Å². The predicted molar refractivity (Wildman–Crippen MR) is 72.8 cm³/mol. The minimum atomic E-state index is 0.779. The number of hydrogen-bond acceptors (Lipinski definition) is 1. The Balaban J connectivity index is 1.99. The van der Waals surface area contributed by atoms with Gasteiger partial charge in [-0.3, -0.25) is 5.41 Å². The lowest BCUT2D eigenvalue weighted by Crippen LogP contribution is -2.36. The van der Waals surface area contributed by atoms with Crippen LogP contribution < -0.4 is 0 Å². The second-order valence-corrected chi connectivity index (χ2v) is 5.09. The van der Waals surface area contributed by atoms with E-state index in [-0.39, 0.29) is 0 Å². The minimum Gasteiger partial charge on any atom is -0.360 e. The summed E-state index contributed by atoms with van der Waals surface area (Å²) in [6.07, 6.45) is 4.60. The van der Waals surface area contributed by atoms with Crippen LogP contribution >= 0.6 is 0 Å². The highest BCUT2D eigenvalue weighted by atomic mass is 15.2. The van der Waals surface area contributed by atoms with Gasteiger partial charge in [-0.2, -0.15) is 0 Å². The van der Waals surface area contributed by atoms with Crippen molar-refractivity contribution >= 4 is 5.84 Å². The lowest BCUT2D eigenvalue weighted by molar-refractivity contribution is 0.336. The number of nitrogens with zero attached hydrogens (tertiary/aromatic N) is 1. The average molecular weight is 230 g/mol. The summed E-state index contributed by atoms with van der Waals surface area (Å²) >= 11 is 0. The lowest BCUT2D eigenvalue weighted by atomic mass is 10.0. The van der Waals surface area contributed by atoms with Gasteiger partial charge in [0, 0.05) is 19.5 Å². The first kappa shape index (κ1) is 12.2. The van der Waals surface area contributed by atoms with Crippen molar-refractivity contribution in [2.45, 2.75) is 39.5 Å².